The molecule has 0 radical (unpaired) electrons. The predicted molar refractivity (Wildman–Crippen MR) is 109 cm³/mol. The molecule has 2 aliphatic heterocycles. The number of amides is 1. The number of fused-ring (bicyclic) bond motifs is 1. The number of carbonyl (C=O) groups excluding carboxylic acids is 1. The third-order valence-electron chi connectivity index (χ3n) is 5.82. The highest BCUT2D eigenvalue weighted by Crippen LogP contribution is 2.15. The summed E-state index contributed by atoms with van der Waals surface area (Å²) in [6, 6.07) is 8.57. The molecule has 1 fully saturated rings. The molecule has 1 aromatic carbocycles. The first kappa shape index (κ1) is 19.1. The Bertz CT molecular complexity index is 792. The van der Waals surface area contributed by atoms with Gasteiger partial charge in [-0.3, -0.25) is 14.8 Å². The van der Waals surface area contributed by atoms with Crippen molar-refractivity contribution in [2.24, 2.45) is 0 Å². The molecule has 0 unspecified atom stereocenters. The molecule has 7 nitrogen and oxygen atoms in total. The number of H-pyrrole nitrogens is 1. The Morgan fingerprint density at radius 2 is 1.82 bits per heavy atom. The summed E-state index contributed by atoms with van der Waals surface area (Å²) in [5.74, 6) is -0.112. The molecule has 0 bridgehead atoms. The number of rotatable bonds is 6. The number of benzene rings is 1. The number of nitrogens with zero attached hydrogens (tertiary/aromatic N) is 3. The molecule has 4 rings (SSSR count). The molecular weight excluding hydrogens is 352 g/mol. The van der Waals surface area contributed by atoms with Crippen LogP contribution in [0.2, 0.25) is 0 Å². The lowest BCUT2D eigenvalue weighted by atomic mass is 10.1. The van der Waals surface area contributed by atoms with Crippen LogP contribution in [0.3, 0.4) is 0 Å². The molecule has 2 aliphatic rings. The van der Waals surface area contributed by atoms with E-state index in [1.165, 1.54) is 5.56 Å². The maximum absolute atomic E-state index is 12.5. The van der Waals surface area contributed by atoms with Crippen LogP contribution in [0.15, 0.2) is 24.3 Å². The SMILES string of the molecule is CCN1CCN(Cc2ccc(CNC(=O)c3n[nH]c4c3CNCC4)cc2)CC1. The molecule has 3 heterocycles. The van der Waals surface area contributed by atoms with Crippen LogP contribution in [-0.2, 0) is 26.1 Å². The van der Waals surface area contributed by atoms with E-state index in [1.54, 1.807) is 0 Å². The molecule has 0 aliphatic carbocycles. The van der Waals surface area contributed by atoms with Crippen LogP contribution in [0.1, 0.15) is 39.8 Å². The third-order valence-corrected chi connectivity index (χ3v) is 5.82. The maximum Gasteiger partial charge on any atom is 0.272 e. The summed E-state index contributed by atoms with van der Waals surface area (Å²) in [6.45, 7) is 11.1. The van der Waals surface area contributed by atoms with Crippen LogP contribution in [0.25, 0.3) is 0 Å². The fourth-order valence-electron chi connectivity index (χ4n) is 3.96. The third kappa shape index (κ3) is 4.43. The smallest absolute Gasteiger partial charge is 0.272 e. The minimum Gasteiger partial charge on any atom is -0.347 e. The van der Waals surface area contributed by atoms with E-state index in [2.05, 4.69) is 61.8 Å². The topological polar surface area (TPSA) is 76.3 Å². The van der Waals surface area contributed by atoms with Crippen molar-refractivity contribution < 1.29 is 4.79 Å². The van der Waals surface area contributed by atoms with Crippen molar-refractivity contribution in [1.82, 2.24) is 30.6 Å². The number of carbonyl (C=O) groups is 1. The monoisotopic (exact) mass is 382 g/mol. The zero-order chi connectivity index (χ0) is 19.3. The van der Waals surface area contributed by atoms with E-state index >= 15 is 0 Å². The molecule has 1 saturated heterocycles. The summed E-state index contributed by atoms with van der Waals surface area (Å²) in [5, 5.41) is 13.5. The lowest BCUT2D eigenvalue weighted by molar-refractivity contribution is 0.0944. The second-order valence-electron chi connectivity index (χ2n) is 7.67. The molecule has 0 atom stereocenters. The second kappa shape index (κ2) is 8.86. The van der Waals surface area contributed by atoms with Gasteiger partial charge < -0.3 is 15.5 Å². The normalized spacial score (nSPS) is 18.0. The minimum atomic E-state index is -0.112. The van der Waals surface area contributed by atoms with Crippen LogP contribution in [-0.4, -0.2) is 65.2 Å². The summed E-state index contributed by atoms with van der Waals surface area (Å²) in [7, 11) is 0. The van der Waals surface area contributed by atoms with E-state index < -0.39 is 0 Å². The average Bonchev–Trinajstić information content (AvgIpc) is 3.18. The lowest BCUT2D eigenvalue weighted by Crippen LogP contribution is -2.45. The number of piperazine rings is 1. The Morgan fingerprint density at radius 3 is 2.57 bits per heavy atom. The Balaban J connectivity index is 1.28. The largest absolute Gasteiger partial charge is 0.347 e. The maximum atomic E-state index is 12.5. The summed E-state index contributed by atoms with van der Waals surface area (Å²) in [5.41, 5.74) is 5.03. The van der Waals surface area contributed by atoms with Gasteiger partial charge >= 0.3 is 0 Å². The number of hydrogen-bond donors (Lipinski definition) is 3. The van der Waals surface area contributed by atoms with Crippen LogP contribution < -0.4 is 10.6 Å². The van der Waals surface area contributed by atoms with Gasteiger partial charge in [0.15, 0.2) is 5.69 Å². The molecule has 3 N–H and O–H groups in total. The summed E-state index contributed by atoms with van der Waals surface area (Å²) in [4.78, 5) is 17.5. The van der Waals surface area contributed by atoms with Gasteiger partial charge in [0.2, 0.25) is 0 Å². The van der Waals surface area contributed by atoms with Crippen LogP contribution in [0.4, 0.5) is 0 Å². The van der Waals surface area contributed by atoms with E-state index in [4.69, 9.17) is 0 Å². The van der Waals surface area contributed by atoms with Crippen molar-refractivity contribution >= 4 is 5.91 Å². The zero-order valence-corrected chi connectivity index (χ0v) is 16.6. The highest BCUT2D eigenvalue weighted by atomic mass is 16.1. The molecule has 2 aromatic rings. The fraction of sp³-hybridized carbons (Fsp3) is 0.524. The number of aromatic nitrogens is 2. The van der Waals surface area contributed by atoms with Gasteiger partial charge in [-0.05, 0) is 17.7 Å². The van der Waals surface area contributed by atoms with Crippen LogP contribution in [0, 0.1) is 0 Å². The Labute approximate surface area is 166 Å². The Morgan fingerprint density at radius 1 is 1.11 bits per heavy atom. The first-order valence-electron chi connectivity index (χ1n) is 10.3. The summed E-state index contributed by atoms with van der Waals surface area (Å²) in [6.07, 6.45) is 0.893. The van der Waals surface area contributed by atoms with Crippen molar-refractivity contribution in [3.05, 3.63) is 52.3 Å². The predicted octanol–water partition coefficient (Wildman–Crippen LogP) is 1.12. The van der Waals surface area contributed by atoms with E-state index in [0.717, 1.165) is 69.1 Å². The van der Waals surface area contributed by atoms with Gasteiger partial charge in [-0.25, -0.2) is 0 Å². The first-order chi connectivity index (χ1) is 13.7. The lowest BCUT2D eigenvalue weighted by Gasteiger charge is -2.34. The van der Waals surface area contributed by atoms with Crippen molar-refractivity contribution in [3.63, 3.8) is 0 Å². The van der Waals surface area contributed by atoms with Gasteiger partial charge in [0.25, 0.3) is 5.91 Å². The van der Waals surface area contributed by atoms with Crippen molar-refractivity contribution in [1.29, 1.82) is 0 Å². The van der Waals surface area contributed by atoms with Crippen LogP contribution >= 0.6 is 0 Å². The molecule has 1 amide bonds. The number of hydrogen-bond acceptors (Lipinski definition) is 5. The van der Waals surface area contributed by atoms with E-state index in [1.807, 2.05) is 0 Å². The first-order valence-corrected chi connectivity index (χ1v) is 10.3. The Kier molecular flexibility index (Phi) is 6.04. The van der Waals surface area contributed by atoms with E-state index in [-0.39, 0.29) is 5.91 Å². The van der Waals surface area contributed by atoms with Gasteiger partial charge in [-0.15, -0.1) is 0 Å². The van der Waals surface area contributed by atoms with Gasteiger partial charge in [0.1, 0.15) is 0 Å². The Hall–Kier alpha value is -2.22. The fourth-order valence-corrected chi connectivity index (χ4v) is 3.96. The molecule has 28 heavy (non-hydrogen) atoms. The molecular formula is C21H30N6O. The molecule has 150 valence electrons. The highest BCUT2D eigenvalue weighted by Gasteiger charge is 2.21. The van der Waals surface area contributed by atoms with Gasteiger partial charge in [-0.2, -0.15) is 5.10 Å². The van der Waals surface area contributed by atoms with E-state index in [9.17, 15) is 4.79 Å². The number of likely N-dealkylation sites (N-methyl/N-ethyl adjacent to an activating group) is 1. The zero-order valence-electron chi connectivity index (χ0n) is 16.6. The quantitative estimate of drug-likeness (QED) is 0.698. The standard InChI is InChI=1S/C21H30N6O/c1-2-26-9-11-27(12-10-26)15-17-5-3-16(4-6-17)13-23-21(28)20-18-14-22-8-7-19(18)24-25-20/h3-6,22H,2,7-15H2,1H3,(H,23,28)(H,24,25). The van der Waals surface area contributed by atoms with Crippen LogP contribution in [0.5, 0.6) is 0 Å². The van der Waals surface area contributed by atoms with Gasteiger partial charge in [0, 0.05) is 70.0 Å². The summed E-state index contributed by atoms with van der Waals surface area (Å²) < 4.78 is 0. The van der Waals surface area contributed by atoms with E-state index in [0.29, 0.717) is 18.8 Å². The molecule has 0 saturated carbocycles. The number of aromatic amines is 1. The highest BCUT2D eigenvalue weighted by molar-refractivity contribution is 5.94. The van der Waals surface area contributed by atoms with Gasteiger partial charge in [-0.1, -0.05) is 31.2 Å². The molecule has 7 heteroatoms. The molecule has 1 aromatic heterocycles. The minimum absolute atomic E-state index is 0.112. The van der Waals surface area contributed by atoms with Gasteiger partial charge in [0.05, 0.1) is 0 Å². The van der Waals surface area contributed by atoms with Crippen molar-refractivity contribution in [3.8, 4) is 0 Å². The summed E-state index contributed by atoms with van der Waals surface area (Å²) >= 11 is 0. The van der Waals surface area contributed by atoms with Crippen molar-refractivity contribution in [2.75, 3.05) is 39.3 Å². The van der Waals surface area contributed by atoms with Crippen molar-refractivity contribution in [2.45, 2.75) is 33.0 Å². The average molecular weight is 383 g/mol. The number of nitrogens with one attached hydrogen (secondary N) is 3. The second-order valence-corrected chi connectivity index (χ2v) is 7.67. The molecule has 0 spiro atoms.